The minimum atomic E-state index is -0.452. The Hall–Kier alpha value is -0.420. The molecule has 0 aliphatic carbocycles. The van der Waals surface area contributed by atoms with Crippen LogP contribution < -0.4 is 9.47 Å². The van der Waals surface area contributed by atoms with Gasteiger partial charge in [0.15, 0.2) is 0 Å². The Balaban J connectivity index is 2.56. The second kappa shape index (κ2) is 7.23. The second-order valence-corrected chi connectivity index (χ2v) is 6.87. The average Bonchev–Trinajstić information content (AvgIpc) is 2.48. The first-order chi connectivity index (χ1) is 9.97. The molecule has 1 atom stereocenters. The topological polar surface area (TPSA) is 18.5 Å². The van der Waals surface area contributed by atoms with Crippen LogP contribution in [0.2, 0.25) is 5.02 Å². The molecule has 1 unspecified atom stereocenters. The normalized spacial score (nSPS) is 12.1. The Bertz CT molecular complexity index is 662. The van der Waals surface area contributed by atoms with Crippen molar-refractivity contribution >= 4 is 55.1 Å². The van der Waals surface area contributed by atoms with Crippen LogP contribution >= 0.6 is 55.1 Å². The molecule has 0 aliphatic rings. The van der Waals surface area contributed by atoms with E-state index in [-0.39, 0.29) is 0 Å². The maximum absolute atomic E-state index is 6.62. The standard InChI is InChI=1S/C15H12Br2Cl2O2/c1-20-13-7-11(17)14(21-2)6-10(13)15(19)9-5-8(16)3-4-12(9)18/h3-7,15H,1-2H3. The van der Waals surface area contributed by atoms with Gasteiger partial charge in [-0.3, -0.25) is 0 Å². The van der Waals surface area contributed by atoms with Crippen LogP contribution in [0.25, 0.3) is 0 Å². The number of rotatable bonds is 4. The lowest BCUT2D eigenvalue weighted by Gasteiger charge is -2.18. The van der Waals surface area contributed by atoms with Crippen molar-refractivity contribution in [2.45, 2.75) is 5.38 Å². The molecule has 0 fully saturated rings. The lowest BCUT2D eigenvalue weighted by molar-refractivity contribution is 0.397. The molecule has 2 nitrogen and oxygen atoms in total. The summed E-state index contributed by atoms with van der Waals surface area (Å²) in [6, 6.07) is 9.25. The van der Waals surface area contributed by atoms with E-state index in [0.717, 1.165) is 20.1 Å². The smallest absolute Gasteiger partial charge is 0.133 e. The monoisotopic (exact) mass is 452 g/mol. The third kappa shape index (κ3) is 3.67. The van der Waals surface area contributed by atoms with E-state index < -0.39 is 5.38 Å². The number of hydrogen-bond donors (Lipinski definition) is 0. The number of halogens is 4. The third-order valence-electron chi connectivity index (χ3n) is 3.01. The van der Waals surface area contributed by atoms with Gasteiger partial charge in [0.05, 0.1) is 24.1 Å². The van der Waals surface area contributed by atoms with Crippen molar-refractivity contribution in [1.82, 2.24) is 0 Å². The Morgan fingerprint density at radius 1 is 0.952 bits per heavy atom. The highest BCUT2D eigenvalue weighted by Crippen LogP contribution is 2.43. The minimum Gasteiger partial charge on any atom is -0.496 e. The van der Waals surface area contributed by atoms with Crippen LogP contribution in [0.4, 0.5) is 0 Å². The molecule has 2 aromatic carbocycles. The van der Waals surface area contributed by atoms with Gasteiger partial charge in [-0.2, -0.15) is 0 Å². The summed E-state index contributed by atoms with van der Waals surface area (Å²) in [5, 5.41) is 0.147. The maximum atomic E-state index is 6.62. The molecule has 21 heavy (non-hydrogen) atoms. The van der Waals surface area contributed by atoms with E-state index >= 15 is 0 Å². The summed E-state index contributed by atoms with van der Waals surface area (Å²) in [6.45, 7) is 0. The summed E-state index contributed by atoms with van der Waals surface area (Å²) >= 11 is 19.7. The summed E-state index contributed by atoms with van der Waals surface area (Å²) in [6.07, 6.45) is 0. The number of alkyl halides is 1. The average molecular weight is 455 g/mol. The summed E-state index contributed by atoms with van der Waals surface area (Å²) in [5.41, 5.74) is 1.59. The fourth-order valence-corrected chi connectivity index (χ4v) is 3.46. The molecule has 0 aliphatic heterocycles. The molecule has 0 heterocycles. The predicted octanol–water partition coefficient (Wildman–Crippen LogP) is 6.21. The lowest BCUT2D eigenvalue weighted by atomic mass is 10.0. The molecule has 0 aromatic heterocycles. The van der Waals surface area contributed by atoms with E-state index in [0.29, 0.717) is 16.5 Å². The van der Waals surface area contributed by atoms with Crippen LogP contribution in [0.3, 0.4) is 0 Å². The molecule has 0 saturated carbocycles. The van der Waals surface area contributed by atoms with Crippen LogP contribution in [0.15, 0.2) is 39.3 Å². The van der Waals surface area contributed by atoms with Gasteiger partial charge in [-0.15, -0.1) is 11.6 Å². The van der Waals surface area contributed by atoms with E-state index in [2.05, 4.69) is 31.9 Å². The van der Waals surface area contributed by atoms with Crippen molar-refractivity contribution in [2.24, 2.45) is 0 Å². The summed E-state index contributed by atoms with van der Waals surface area (Å²) in [5.74, 6) is 1.35. The summed E-state index contributed by atoms with van der Waals surface area (Å²) in [7, 11) is 3.20. The van der Waals surface area contributed by atoms with Crippen molar-refractivity contribution in [2.75, 3.05) is 14.2 Å². The zero-order valence-corrected chi connectivity index (χ0v) is 16.0. The second-order valence-electron chi connectivity index (χ2n) is 4.26. The fourth-order valence-electron chi connectivity index (χ4n) is 1.96. The molecule has 0 bridgehead atoms. The highest BCUT2D eigenvalue weighted by Gasteiger charge is 2.21. The van der Waals surface area contributed by atoms with E-state index in [1.54, 1.807) is 20.3 Å². The number of ether oxygens (including phenoxy) is 2. The molecule has 112 valence electrons. The van der Waals surface area contributed by atoms with E-state index in [4.69, 9.17) is 32.7 Å². The van der Waals surface area contributed by atoms with Gasteiger partial charge in [-0.25, -0.2) is 0 Å². The molecule has 0 spiro atoms. The van der Waals surface area contributed by atoms with Gasteiger partial charge < -0.3 is 9.47 Å². The lowest BCUT2D eigenvalue weighted by Crippen LogP contribution is -2.00. The molecule has 6 heteroatoms. The van der Waals surface area contributed by atoms with Gasteiger partial charge in [-0.05, 0) is 51.8 Å². The quantitative estimate of drug-likeness (QED) is 0.511. The first-order valence-corrected chi connectivity index (χ1v) is 8.38. The molecule has 0 N–H and O–H groups in total. The Morgan fingerprint density at radius 3 is 2.24 bits per heavy atom. The Labute approximate surface area is 150 Å². The Kier molecular flexibility index (Phi) is 5.83. The molecule has 0 saturated heterocycles. The van der Waals surface area contributed by atoms with E-state index in [1.807, 2.05) is 24.3 Å². The first-order valence-electron chi connectivity index (χ1n) is 5.98. The van der Waals surface area contributed by atoms with E-state index in [1.165, 1.54) is 0 Å². The van der Waals surface area contributed by atoms with Gasteiger partial charge in [0, 0.05) is 15.1 Å². The molecule has 2 rings (SSSR count). The number of hydrogen-bond acceptors (Lipinski definition) is 2. The van der Waals surface area contributed by atoms with Gasteiger partial charge in [0.25, 0.3) is 0 Å². The fraction of sp³-hybridized carbons (Fsp3) is 0.200. The molecular weight excluding hydrogens is 443 g/mol. The van der Waals surface area contributed by atoms with Crippen molar-refractivity contribution in [1.29, 1.82) is 0 Å². The zero-order valence-electron chi connectivity index (χ0n) is 11.3. The highest BCUT2D eigenvalue weighted by atomic mass is 79.9. The van der Waals surface area contributed by atoms with Gasteiger partial charge in [-0.1, -0.05) is 27.5 Å². The molecule has 2 aromatic rings. The molecule has 0 radical (unpaired) electrons. The molecule has 0 amide bonds. The van der Waals surface area contributed by atoms with Crippen molar-refractivity contribution in [3.05, 3.63) is 55.4 Å². The van der Waals surface area contributed by atoms with Gasteiger partial charge in [0.1, 0.15) is 11.5 Å². The summed E-state index contributed by atoms with van der Waals surface area (Å²) in [4.78, 5) is 0. The van der Waals surface area contributed by atoms with Crippen molar-refractivity contribution in [3.63, 3.8) is 0 Å². The van der Waals surface area contributed by atoms with E-state index in [9.17, 15) is 0 Å². The minimum absolute atomic E-state index is 0.452. The van der Waals surface area contributed by atoms with Crippen LogP contribution in [-0.4, -0.2) is 14.2 Å². The largest absolute Gasteiger partial charge is 0.496 e. The maximum Gasteiger partial charge on any atom is 0.133 e. The zero-order chi connectivity index (χ0) is 15.6. The van der Waals surface area contributed by atoms with Crippen LogP contribution in [0, 0.1) is 0 Å². The van der Waals surface area contributed by atoms with Gasteiger partial charge in [0.2, 0.25) is 0 Å². The van der Waals surface area contributed by atoms with Crippen LogP contribution in [-0.2, 0) is 0 Å². The third-order valence-corrected chi connectivity index (χ3v) is 4.94. The number of benzene rings is 2. The van der Waals surface area contributed by atoms with Crippen molar-refractivity contribution in [3.8, 4) is 11.5 Å². The Morgan fingerprint density at radius 2 is 1.62 bits per heavy atom. The highest BCUT2D eigenvalue weighted by molar-refractivity contribution is 9.10. The molecular formula is C15H12Br2Cl2O2. The van der Waals surface area contributed by atoms with Crippen LogP contribution in [0.5, 0.6) is 11.5 Å². The van der Waals surface area contributed by atoms with Gasteiger partial charge >= 0.3 is 0 Å². The summed E-state index contributed by atoms with van der Waals surface area (Å²) < 4.78 is 12.4. The predicted molar refractivity (Wildman–Crippen MR) is 94.1 cm³/mol. The first kappa shape index (κ1) is 16.9. The SMILES string of the molecule is COc1cc(C(Cl)c2cc(Br)ccc2Cl)c(OC)cc1Br. The van der Waals surface area contributed by atoms with Crippen LogP contribution in [0.1, 0.15) is 16.5 Å². The van der Waals surface area contributed by atoms with Crippen molar-refractivity contribution < 1.29 is 9.47 Å². The number of methoxy groups -OCH3 is 2.